The highest BCUT2D eigenvalue weighted by Crippen LogP contribution is 2.26. The first-order chi connectivity index (χ1) is 11.8. The van der Waals surface area contributed by atoms with Crippen LogP contribution in [0.3, 0.4) is 0 Å². The van der Waals surface area contributed by atoms with Crippen molar-refractivity contribution >= 4 is 11.6 Å². The Hall–Kier alpha value is -3.22. The van der Waals surface area contributed by atoms with Gasteiger partial charge in [0.15, 0.2) is 5.82 Å². The van der Waals surface area contributed by atoms with Crippen LogP contribution >= 0.6 is 0 Å². The zero-order valence-electron chi connectivity index (χ0n) is 12.8. The second kappa shape index (κ2) is 6.11. The molecule has 0 bridgehead atoms. The molecule has 7 nitrogen and oxygen atoms in total. The predicted molar refractivity (Wildman–Crippen MR) is 87.1 cm³/mol. The molecule has 1 aliphatic rings. The van der Waals surface area contributed by atoms with E-state index in [1.807, 2.05) is 18.2 Å². The highest BCUT2D eigenvalue weighted by molar-refractivity contribution is 5.92. The maximum atomic E-state index is 12.2. The van der Waals surface area contributed by atoms with E-state index in [-0.39, 0.29) is 5.91 Å². The normalized spacial score (nSPS) is 12.5. The predicted octanol–water partition coefficient (Wildman–Crippen LogP) is 1.78. The van der Waals surface area contributed by atoms with E-state index in [4.69, 9.17) is 4.74 Å². The molecule has 4 rings (SSSR count). The Balaban J connectivity index is 1.41. The van der Waals surface area contributed by atoms with Crippen LogP contribution in [0.25, 0.3) is 5.82 Å². The number of carbonyl (C=O) groups is 1. The van der Waals surface area contributed by atoms with Gasteiger partial charge < -0.3 is 10.1 Å². The van der Waals surface area contributed by atoms with E-state index in [1.165, 1.54) is 11.9 Å². The van der Waals surface area contributed by atoms with Crippen LogP contribution in [0.1, 0.15) is 11.1 Å². The van der Waals surface area contributed by atoms with E-state index in [2.05, 4.69) is 20.4 Å². The van der Waals surface area contributed by atoms with E-state index in [1.54, 1.807) is 29.3 Å². The van der Waals surface area contributed by atoms with Crippen LogP contribution in [0.2, 0.25) is 0 Å². The first kappa shape index (κ1) is 14.4. The largest absolute Gasteiger partial charge is 0.493 e. The third-order valence-electron chi connectivity index (χ3n) is 3.80. The van der Waals surface area contributed by atoms with Gasteiger partial charge in [0.1, 0.15) is 18.4 Å². The number of pyridine rings is 1. The van der Waals surface area contributed by atoms with E-state index in [0.717, 1.165) is 24.3 Å². The molecule has 3 heterocycles. The van der Waals surface area contributed by atoms with E-state index >= 15 is 0 Å². The van der Waals surface area contributed by atoms with Gasteiger partial charge in [-0.2, -0.15) is 5.10 Å². The van der Waals surface area contributed by atoms with Crippen molar-refractivity contribution in [3.05, 3.63) is 60.3 Å². The van der Waals surface area contributed by atoms with Crippen LogP contribution in [0.4, 0.5) is 5.69 Å². The number of ether oxygens (including phenoxy) is 1. The average molecular weight is 321 g/mol. The Bertz CT molecular complexity index is 859. The number of rotatable bonds is 4. The van der Waals surface area contributed by atoms with Crippen molar-refractivity contribution in [3.63, 3.8) is 0 Å². The number of anilines is 1. The quantitative estimate of drug-likeness (QED) is 0.792. The average Bonchev–Trinajstić information content (AvgIpc) is 3.26. The molecule has 3 aromatic rings. The molecule has 24 heavy (non-hydrogen) atoms. The van der Waals surface area contributed by atoms with Crippen molar-refractivity contribution < 1.29 is 9.53 Å². The Labute approximate surface area is 138 Å². The van der Waals surface area contributed by atoms with Gasteiger partial charge in [0.05, 0.1) is 24.9 Å². The lowest BCUT2D eigenvalue weighted by Crippen LogP contribution is -2.14. The highest BCUT2D eigenvalue weighted by atomic mass is 16.5. The van der Waals surface area contributed by atoms with Crippen LogP contribution in [-0.4, -0.2) is 32.3 Å². The van der Waals surface area contributed by atoms with Crippen molar-refractivity contribution in [2.24, 2.45) is 0 Å². The van der Waals surface area contributed by atoms with Gasteiger partial charge >= 0.3 is 0 Å². The summed E-state index contributed by atoms with van der Waals surface area (Å²) in [6.07, 6.45) is 5.83. The molecule has 0 unspecified atom stereocenters. The van der Waals surface area contributed by atoms with Crippen molar-refractivity contribution in [1.29, 1.82) is 0 Å². The van der Waals surface area contributed by atoms with Gasteiger partial charge in [-0.25, -0.2) is 14.6 Å². The summed E-state index contributed by atoms with van der Waals surface area (Å²) in [4.78, 5) is 20.3. The molecule has 0 fully saturated rings. The van der Waals surface area contributed by atoms with Gasteiger partial charge in [0.2, 0.25) is 5.91 Å². The molecule has 0 spiro atoms. The van der Waals surface area contributed by atoms with Crippen molar-refractivity contribution in [1.82, 2.24) is 19.7 Å². The fraction of sp³-hybridized carbons (Fsp3) is 0.176. The summed E-state index contributed by atoms with van der Waals surface area (Å²) < 4.78 is 7.03. The summed E-state index contributed by atoms with van der Waals surface area (Å²) in [5, 5.41) is 6.86. The summed E-state index contributed by atoms with van der Waals surface area (Å²) >= 11 is 0. The molecule has 0 saturated heterocycles. The number of aromatic nitrogens is 4. The van der Waals surface area contributed by atoms with E-state index in [9.17, 15) is 4.79 Å². The number of carbonyl (C=O) groups excluding carboxylic acids is 1. The molecule has 2 aromatic heterocycles. The smallest absolute Gasteiger partial charge is 0.228 e. The number of fused-ring (bicyclic) bond motifs is 1. The van der Waals surface area contributed by atoms with Gasteiger partial charge in [-0.1, -0.05) is 12.1 Å². The number of hydrogen-bond acceptors (Lipinski definition) is 5. The topological polar surface area (TPSA) is 81.9 Å². The maximum Gasteiger partial charge on any atom is 0.228 e. The fourth-order valence-electron chi connectivity index (χ4n) is 2.66. The molecule has 1 amide bonds. The minimum absolute atomic E-state index is 0.0795. The molecule has 0 saturated carbocycles. The van der Waals surface area contributed by atoms with Crippen molar-refractivity contribution in [3.8, 4) is 11.6 Å². The SMILES string of the molecule is O=C(Cc1ccc2c(c1)CCO2)Nc1ccc(-n2cncn2)nc1. The fourth-order valence-corrected chi connectivity index (χ4v) is 2.66. The number of benzene rings is 1. The summed E-state index contributed by atoms with van der Waals surface area (Å²) in [5.41, 5.74) is 2.79. The second-order valence-electron chi connectivity index (χ2n) is 5.51. The minimum atomic E-state index is -0.0795. The molecule has 0 radical (unpaired) electrons. The van der Waals surface area contributed by atoms with Gasteiger partial charge in [0, 0.05) is 6.42 Å². The van der Waals surface area contributed by atoms with Gasteiger partial charge in [-0.05, 0) is 29.3 Å². The lowest BCUT2D eigenvalue weighted by molar-refractivity contribution is -0.115. The number of nitrogens with one attached hydrogen (secondary N) is 1. The maximum absolute atomic E-state index is 12.2. The third kappa shape index (κ3) is 2.96. The lowest BCUT2D eigenvalue weighted by Gasteiger charge is -2.07. The van der Waals surface area contributed by atoms with Crippen LogP contribution in [0, 0.1) is 0 Å². The van der Waals surface area contributed by atoms with Crippen LogP contribution < -0.4 is 10.1 Å². The number of nitrogens with zero attached hydrogens (tertiary/aromatic N) is 4. The zero-order valence-corrected chi connectivity index (χ0v) is 12.8. The lowest BCUT2D eigenvalue weighted by atomic mass is 10.1. The first-order valence-electron chi connectivity index (χ1n) is 7.63. The molecule has 7 heteroatoms. The van der Waals surface area contributed by atoms with Crippen LogP contribution in [-0.2, 0) is 17.6 Å². The first-order valence-corrected chi connectivity index (χ1v) is 7.63. The van der Waals surface area contributed by atoms with E-state index in [0.29, 0.717) is 17.9 Å². The molecule has 1 N–H and O–H groups in total. The second-order valence-corrected chi connectivity index (χ2v) is 5.51. The molecule has 0 aliphatic carbocycles. The summed E-state index contributed by atoms with van der Waals surface area (Å²) in [6, 6.07) is 9.46. The zero-order chi connectivity index (χ0) is 16.4. The third-order valence-corrected chi connectivity index (χ3v) is 3.80. The molecule has 120 valence electrons. The summed E-state index contributed by atoms with van der Waals surface area (Å²) in [5.74, 6) is 1.49. The van der Waals surface area contributed by atoms with Crippen molar-refractivity contribution in [2.45, 2.75) is 12.8 Å². The Morgan fingerprint density at radius 1 is 1.29 bits per heavy atom. The summed E-state index contributed by atoms with van der Waals surface area (Å²) in [7, 11) is 0. The van der Waals surface area contributed by atoms with E-state index < -0.39 is 0 Å². The molecule has 1 aromatic carbocycles. The molecule has 1 aliphatic heterocycles. The monoisotopic (exact) mass is 321 g/mol. The van der Waals surface area contributed by atoms with Gasteiger partial charge in [-0.3, -0.25) is 4.79 Å². The number of amides is 1. The highest BCUT2D eigenvalue weighted by Gasteiger charge is 2.13. The van der Waals surface area contributed by atoms with Crippen LogP contribution in [0.15, 0.2) is 49.2 Å². The standard InChI is InChI=1S/C17H15N5O2/c23-17(8-12-1-3-15-13(7-12)5-6-24-15)21-14-2-4-16(19-9-14)22-11-18-10-20-22/h1-4,7,9-11H,5-6,8H2,(H,21,23). The Kier molecular flexibility index (Phi) is 3.66. The van der Waals surface area contributed by atoms with Crippen LogP contribution in [0.5, 0.6) is 5.75 Å². The van der Waals surface area contributed by atoms with Crippen molar-refractivity contribution in [2.75, 3.05) is 11.9 Å². The Morgan fingerprint density at radius 2 is 2.25 bits per heavy atom. The summed E-state index contributed by atoms with van der Waals surface area (Å²) in [6.45, 7) is 0.717. The van der Waals surface area contributed by atoms with Gasteiger partial charge in [-0.15, -0.1) is 0 Å². The molecular weight excluding hydrogens is 306 g/mol. The minimum Gasteiger partial charge on any atom is -0.493 e. The van der Waals surface area contributed by atoms with Gasteiger partial charge in [0.25, 0.3) is 0 Å². The number of hydrogen-bond donors (Lipinski definition) is 1. The molecular formula is C17H15N5O2. The molecule has 0 atom stereocenters. The Morgan fingerprint density at radius 3 is 3.04 bits per heavy atom.